The summed E-state index contributed by atoms with van der Waals surface area (Å²) >= 11 is 0. The highest BCUT2D eigenvalue weighted by Gasteiger charge is 2.29. The zero-order valence-corrected chi connectivity index (χ0v) is 16.4. The van der Waals surface area contributed by atoms with Crippen molar-refractivity contribution in [2.75, 3.05) is 0 Å². The standard InChI is InChI=1S/C18H19N3O7S/c1-12-5-3-4-6-16(12)29(27,28)19-18(24)20(13(2)17(22)23)11-14-7-9-15(10-8-14)21(25)26/h3-10,13H,11H2,1-2H3,(H,19,24)(H,22,23). The first-order valence-electron chi connectivity index (χ1n) is 8.38. The predicted molar refractivity (Wildman–Crippen MR) is 103 cm³/mol. The normalized spacial score (nSPS) is 12.1. The molecule has 2 N–H and O–H groups in total. The number of nitrogens with one attached hydrogen (secondary N) is 1. The van der Waals surface area contributed by atoms with Gasteiger partial charge in [-0.15, -0.1) is 0 Å². The molecule has 2 aromatic rings. The maximum Gasteiger partial charge on any atom is 0.332 e. The van der Waals surface area contributed by atoms with E-state index in [1.165, 1.54) is 43.3 Å². The first-order chi connectivity index (χ1) is 13.5. The number of hydrogen-bond donors (Lipinski definition) is 2. The molecule has 2 aromatic carbocycles. The minimum atomic E-state index is -4.23. The molecule has 0 aliphatic heterocycles. The molecule has 0 bridgehead atoms. The zero-order valence-electron chi connectivity index (χ0n) is 15.6. The molecule has 1 atom stereocenters. The summed E-state index contributed by atoms with van der Waals surface area (Å²) in [7, 11) is -4.23. The Hall–Kier alpha value is -3.47. The van der Waals surface area contributed by atoms with Crippen LogP contribution in [0.15, 0.2) is 53.4 Å². The molecule has 0 aliphatic carbocycles. The lowest BCUT2D eigenvalue weighted by Gasteiger charge is -2.26. The minimum Gasteiger partial charge on any atom is -0.480 e. The van der Waals surface area contributed by atoms with E-state index in [9.17, 15) is 33.2 Å². The van der Waals surface area contributed by atoms with Crippen LogP contribution < -0.4 is 4.72 Å². The van der Waals surface area contributed by atoms with Gasteiger partial charge in [0.1, 0.15) is 6.04 Å². The summed E-state index contributed by atoms with van der Waals surface area (Å²) in [6.45, 7) is 2.53. The molecule has 0 saturated carbocycles. The fourth-order valence-corrected chi connectivity index (χ4v) is 3.73. The van der Waals surface area contributed by atoms with Crippen LogP contribution in [-0.2, 0) is 21.4 Å². The first-order valence-corrected chi connectivity index (χ1v) is 9.86. The number of hydrogen-bond acceptors (Lipinski definition) is 6. The van der Waals surface area contributed by atoms with Gasteiger partial charge in [-0.2, -0.15) is 0 Å². The van der Waals surface area contributed by atoms with Gasteiger partial charge in [-0.1, -0.05) is 30.3 Å². The Labute approximate surface area is 167 Å². The van der Waals surface area contributed by atoms with Crippen LogP contribution in [0.3, 0.4) is 0 Å². The number of rotatable bonds is 7. The summed E-state index contributed by atoms with van der Waals surface area (Å²) in [5.74, 6) is -1.34. The van der Waals surface area contributed by atoms with Crippen LogP contribution in [-0.4, -0.2) is 41.4 Å². The molecule has 0 aliphatic rings. The molecule has 0 radical (unpaired) electrons. The number of sulfonamides is 1. The van der Waals surface area contributed by atoms with Gasteiger partial charge in [0.2, 0.25) is 0 Å². The van der Waals surface area contributed by atoms with E-state index >= 15 is 0 Å². The summed E-state index contributed by atoms with van der Waals surface area (Å²) in [5.41, 5.74) is 0.645. The van der Waals surface area contributed by atoms with Gasteiger partial charge < -0.3 is 10.0 Å². The number of urea groups is 1. The summed E-state index contributed by atoms with van der Waals surface area (Å²) in [5, 5.41) is 20.0. The summed E-state index contributed by atoms with van der Waals surface area (Å²) in [6, 6.07) is 8.70. The number of nitrogens with zero attached hydrogens (tertiary/aromatic N) is 2. The van der Waals surface area contributed by atoms with Crippen molar-refractivity contribution in [3.05, 3.63) is 69.8 Å². The van der Waals surface area contributed by atoms with Crippen LogP contribution in [0.2, 0.25) is 0 Å². The summed E-state index contributed by atoms with van der Waals surface area (Å²) in [6.07, 6.45) is 0. The van der Waals surface area contributed by atoms with E-state index in [4.69, 9.17) is 0 Å². The number of carbonyl (C=O) groups excluding carboxylic acids is 1. The molecule has 0 spiro atoms. The number of benzene rings is 2. The van der Waals surface area contributed by atoms with Crippen LogP contribution in [0, 0.1) is 17.0 Å². The molecule has 29 heavy (non-hydrogen) atoms. The lowest BCUT2D eigenvalue weighted by Crippen LogP contribution is -2.49. The quantitative estimate of drug-likeness (QED) is 0.515. The SMILES string of the molecule is Cc1ccccc1S(=O)(=O)NC(=O)N(Cc1ccc([N+](=O)[O-])cc1)C(C)C(=O)O. The van der Waals surface area contributed by atoms with Gasteiger partial charge in [-0.3, -0.25) is 10.1 Å². The Morgan fingerprint density at radius 2 is 1.76 bits per heavy atom. The molecule has 0 saturated heterocycles. The number of carbonyl (C=O) groups is 2. The molecule has 154 valence electrons. The fraction of sp³-hybridized carbons (Fsp3) is 0.222. The van der Waals surface area contributed by atoms with E-state index < -0.39 is 33.0 Å². The van der Waals surface area contributed by atoms with Gasteiger partial charge >= 0.3 is 12.0 Å². The van der Waals surface area contributed by atoms with Gasteiger partial charge in [-0.05, 0) is 31.0 Å². The third kappa shape index (κ3) is 5.29. The average molecular weight is 421 g/mol. The molecular weight excluding hydrogens is 402 g/mol. The fourth-order valence-electron chi connectivity index (χ4n) is 2.52. The molecule has 0 heterocycles. The number of carboxylic acids is 1. The third-order valence-corrected chi connectivity index (χ3v) is 5.67. The van der Waals surface area contributed by atoms with Crippen molar-refractivity contribution < 1.29 is 28.0 Å². The number of aliphatic carboxylic acids is 1. The monoisotopic (exact) mass is 421 g/mol. The Morgan fingerprint density at radius 3 is 2.28 bits per heavy atom. The van der Waals surface area contributed by atoms with E-state index in [1.54, 1.807) is 19.1 Å². The van der Waals surface area contributed by atoms with E-state index in [-0.39, 0.29) is 17.1 Å². The highest BCUT2D eigenvalue weighted by atomic mass is 32.2. The van der Waals surface area contributed by atoms with Crippen LogP contribution in [0.4, 0.5) is 10.5 Å². The minimum absolute atomic E-state index is 0.105. The molecule has 0 aromatic heterocycles. The Kier molecular flexibility index (Phi) is 6.54. The number of amides is 2. The molecule has 11 heteroatoms. The highest BCUT2D eigenvalue weighted by Crippen LogP contribution is 2.17. The van der Waals surface area contributed by atoms with Gasteiger partial charge in [-0.25, -0.2) is 22.7 Å². The van der Waals surface area contributed by atoms with Crippen LogP contribution in [0.1, 0.15) is 18.1 Å². The van der Waals surface area contributed by atoms with Crippen molar-refractivity contribution in [3.8, 4) is 0 Å². The van der Waals surface area contributed by atoms with Crippen molar-refractivity contribution in [1.82, 2.24) is 9.62 Å². The number of carboxylic acid groups (broad SMARTS) is 1. The van der Waals surface area contributed by atoms with Crippen molar-refractivity contribution in [1.29, 1.82) is 0 Å². The maximum absolute atomic E-state index is 12.6. The Bertz CT molecular complexity index is 1040. The predicted octanol–water partition coefficient (Wildman–Crippen LogP) is 2.28. The van der Waals surface area contributed by atoms with Crippen molar-refractivity contribution in [2.45, 2.75) is 31.3 Å². The van der Waals surface area contributed by atoms with Crippen LogP contribution >= 0.6 is 0 Å². The molecular formula is C18H19N3O7S. The number of nitro groups is 1. The van der Waals surface area contributed by atoms with Gasteiger partial charge in [0.05, 0.1) is 9.82 Å². The van der Waals surface area contributed by atoms with E-state index in [1.807, 2.05) is 4.72 Å². The van der Waals surface area contributed by atoms with E-state index in [0.29, 0.717) is 11.1 Å². The number of aryl methyl sites for hydroxylation is 1. The highest BCUT2D eigenvalue weighted by molar-refractivity contribution is 7.90. The lowest BCUT2D eigenvalue weighted by molar-refractivity contribution is -0.384. The van der Waals surface area contributed by atoms with E-state index in [2.05, 4.69) is 0 Å². The van der Waals surface area contributed by atoms with E-state index in [0.717, 1.165) is 4.90 Å². The Morgan fingerprint density at radius 1 is 1.17 bits per heavy atom. The third-order valence-electron chi connectivity index (χ3n) is 4.19. The number of nitro benzene ring substituents is 1. The lowest BCUT2D eigenvalue weighted by atomic mass is 10.1. The van der Waals surface area contributed by atoms with Gasteiger partial charge in [0.25, 0.3) is 15.7 Å². The largest absolute Gasteiger partial charge is 0.480 e. The van der Waals surface area contributed by atoms with Crippen molar-refractivity contribution in [3.63, 3.8) is 0 Å². The Balaban J connectivity index is 2.29. The second-order valence-electron chi connectivity index (χ2n) is 6.24. The van der Waals surface area contributed by atoms with Crippen molar-refractivity contribution in [2.24, 2.45) is 0 Å². The second-order valence-corrected chi connectivity index (χ2v) is 7.89. The maximum atomic E-state index is 12.6. The summed E-state index contributed by atoms with van der Waals surface area (Å²) < 4.78 is 27.0. The van der Waals surface area contributed by atoms with Crippen LogP contribution in [0.5, 0.6) is 0 Å². The number of non-ortho nitro benzene ring substituents is 1. The first kappa shape index (κ1) is 21.8. The summed E-state index contributed by atoms with van der Waals surface area (Å²) in [4.78, 5) is 34.9. The topological polar surface area (TPSA) is 147 Å². The van der Waals surface area contributed by atoms with Crippen LogP contribution in [0.25, 0.3) is 0 Å². The molecule has 1 unspecified atom stereocenters. The average Bonchev–Trinajstić information content (AvgIpc) is 2.65. The van der Waals surface area contributed by atoms with Crippen molar-refractivity contribution >= 4 is 27.7 Å². The second kappa shape index (κ2) is 8.69. The molecule has 0 fully saturated rings. The van der Waals surface area contributed by atoms with Gasteiger partial charge in [0, 0.05) is 18.7 Å². The zero-order chi connectivity index (χ0) is 21.8. The van der Waals surface area contributed by atoms with Gasteiger partial charge in [0.15, 0.2) is 0 Å². The smallest absolute Gasteiger partial charge is 0.332 e. The molecule has 2 rings (SSSR count). The molecule has 10 nitrogen and oxygen atoms in total. The molecule has 2 amide bonds.